The summed E-state index contributed by atoms with van der Waals surface area (Å²) in [5.74, 6) is -0.320. The maximum Gasteiger partial charge on any atom is 0.466 e. The number of benzene rings is 1. The first-order valence-electron chi connectivity index (χ1n) is 7.11. The smallest absolute Gasteiger partial charge is 0.306 e. The highest BCUT2D eigenvalue weighted by molar-refractivity contribution is 7.80. The SMILES string of the molecule is O=C(c1ccccn1)N1CC/C(=N/OS(=O)(=O)O)c2ccc(Cl)cc21. The van der Waals surface area contributed by atoms with Gasteiger partial charge in [-0.2, -0.15) is 8.42 Å². The second-order valence-electron chi connectivity index (χ2n) is 5.12. The van der Waals surface area contributed by atoms with Crippen LogP contribution in [0.15, 0.2) is 47.8 Å². The van der Waals surface area contributed by atoms with Crippen LogP contribution in [0.3, 0.4) is 0 Å². The van der Waals surface area contributed by atoms with Gasteiger partial charge in [-0.1, -0.05) is 22.8 Å². The van der Waals surface area contributed by atoms with Crippen molar-refractivity contribution < 1.29 is 22.0 Å². The van der Waals surface area contributed by atoms with Crippen molar-refractivity contribution in [3.8, 4) is 0 Å². The van der Waals surface area contributed by atoms with Gasteiger partial charge in [0.05, 0.1) is 11.4 Å². The van der Waals surface area contributed by atoms with Crippen LogP contribution in [0.2, 0.25) is 5.02 Å². The fourth-order valence-electron chi connectivity index (χ4n) is 2.47. The molecular weight excluding hydrogens is 370 g/mol. The third-order valence-electron chi connectivity index (χ3n) is 3.50. The van der Waals surface area contributed by atoms with Crippen LogP contribution in [0.1, 0.15) is 22.5 Å². The number of rotatable bonds is 3. The van der Waals surface area contributed by atoms with Gasteiger partial charge in [-0.05, 0) is 30.3 Å². The van der Waals surface area contributed by atoms with Gasteiger partial charge in [-0.15, -0.1) is 0 Å². The van der Waals surface area contributed by atoms with Gasteiger partial charge in [-0.25, -0.2) is 4.28 Å². The number of anilines is 1. The second kappa shape index (κ2) is 6.79. The summed E-state index contributed by atoms with van der Waals surface area (Å²) in [6.07, 6.45) is 1.74. The predicted octanol–water partition coefficient (Wildman–Crippen LogP) is 2.31. The van der Waals surface area contributed by atoms with E-state index in [0.29, 0.717) is 16.3 Å². The van der Waals surface area contributed by atoms with Crippen LogP contribution >= 0.6 is 11.6 Å². The minimum atomic E-state index is -4.71. The van der Waals surface area contributed by atoms with Crippen molar-refractivity contribution in [1.29, 1.82) is 0 Å². The molecule has 0 saturated heterocycles. The van der Waals surface area contributed by atoms with E-state index < -0.39 is 10.4 Å². The van der Waals surface area contributed by atoms with Gasteiger partial charge < -0.3 is 4.90 Å². The summed E-state index contributed by atoms with van der Waals surface area (Å²) in [4.78, 5) is 18.2. The molecule has 0 unspecified atom stereocenters. The number of aromatic nitrogens is 1. The molecule has 2 heterocycles. The number of amides is 1. The van der Waals surface area contributed by atoms with E-state index in [2.05, 4.69) is 14.4 Å². The Bertz CT molecular complexity index is 947. The zero-order valence-electron chi connectivity index (χ0n) is 12.7. The highest BCUT2D eigenvalue weighted by atomic mass is 35.5. The van der Waals surface area contributed by atoms with Crippen LogP contribution in [-0.4, -0.2) is 36.1 Å². The highest BCUT2D eigenvalue weighted by Crippen LogP contribution is 2.31. The lowest BCUT2D eigenvalue weighted by atomic mass is 9.99. The standard InChI is InChI=1S/C15H12ClN3O5S/c16-10-4-5-11-12(18-24-25(21,22)23)6-8-19(14(11)9-10)15(20)13-3-1-2-7-17-13/h1-5,7,9H,6,8H2,(H,21,22,23)/b18-12-. The van der Waals surface area contributed by atoms with E-state index in [4.69, 9.17) is 16.2 Å². The first-order chi connectivity index (χ1) is 11.8. The topological polar surface area (TPSA) is 109 Å². The molecule has 1 N–H and O–H groups in total. The number of halogens is 1. The molecule has 0 spiro atoms. The lowest BCUT2D eigenvalue weighted by Gasteiger charge is -2.29. The summed E-state index contributed by atoms with van der Waals surface area (Å²) in [5.41, 5.74) is 1.47. The van der Waals surface area contributed by atoms with Crippen molar-refractivity contribution in [2.24, 2.45) is 5.16 Å². The van der Waals surface area contributed by atoms with E-state index in [1.165, 1.54) is 11.1 Å². The summed E-state index contributed by atoms with van der Waals surface area (Å²) < 4.78 is 34.2. The normalized spacial score (nSPS) is 15.8. The van der Waals surface area contributed by atoms with Crippen molar-refractivity contribution in [2.45, 2.75) is 6.42 Å². The molecule has 1 aliphatic rings. The van der Waals surface area contributed by atoms with Crippen LogP contribution in [-0.2, 0) is 14.7 Å². The molecule has 1 aliphatic heterocycles. The number of nitrogens with zero attached hydrogens (tertiary/aromatic N) is 3. The summed E-state index contributed by atoms with van der Waals surface area (Å²) in [6, 6.07) is 9.75. The van der Waals surface area contributed by atoms with Gasteiger partial charge in [0.2, 0.25) is 0 Å². The maximum absolute atomic E-state index is 12.7. The monoisotopic (exact) mass is 381 g/mol. The predicted molar refractivity (Wildman–Crippen MR) is 91.2 cm³/mol. The Morgan fingerprint density at radius 2 is 2.12 bits per heavy atom. The first-order valence-corrected chi connectivity index (χ1v) is 8.85. The largest absolute Gasteiger partial charge is 0.466 e. The molecule has 1 aromatic heterocycles. The molecule has 1 aromatic carbocycles. The molecule has 130 valence electrons. The molecule has 0 fully saturated rings. The molecule has 10 heteroatoms. The van der Waals surface area contributed by atoms with Gasteiger partial charge >= 0.3 is 10.4 Å². The summed E-state index contributed by atoms with van der Waals surface area (Å²) in [5, 5.41) is 3.87. The number of oxime groups is 1. The van der Waals surface area contributed by atoms with Crippen molar-refractivity contribution in [1.82, 2.24) is 4.98 Å². The summed E-state index contributed by atoms with van der Waals surface area (Å²) in [6.45, 7) is 0.219. The Labute approximate surface area is 148 Å². The molecule has 0 saturated carbocycles. The van der Waals surface area contributed by atoms with Gasteiger partial charge in [0, 0.05) is 29.7 Å². The van der Waals surface area contributed by atoms with Gasteiger partial charge in [-0.3, -0.25) is 14.3 Å². The molecule has 1 amide bonds. The molecule has 8 nitrogen and oxygen atoms in total. The molecule has 0 atom stereocenters. The van der Waals surface area contributed by atoms with E-state index in [9.17, 15) is 13.2 Å². The summed E-state index contributed by atoms with van der Waals surface area (Å²) in [7, 11) is -4.71. The average Bonchev–Trinajstić information content (AvgIpc) is 2.59. The van der Waals surface area contributed by atoms with Crippen molar-refractivity contribution in [2.75, 3.05) is 11.4 Å². The molecule has 2 aromatic rings. The number of fused-ring (bicyclic) bond motifs is 1. The van der Waals surface area contributed by atoms with E-state index in [0.717, 1.165) is 0 Å². The Morgan fingerprint density at radius 3 is 2.80 bits per heavy atom. The van der Waals surface area contributed by atoms with Gasteiger partial charge in [0.1, 0.15) is 5.69 Å². The average molecular weight is 382 g/mol. The molecular formula is C15H12ClN3O5S. The second-order valence-corrected chi connectivity index (χ2v) is 6.56. The van der Waals surface area contributed by atoms with Crippen molar-refractivity contribution in [3.63, 3.8) is 0 Å². The quantitative estimate of drug-likeness (QED) is 0.645. The van der Waals surface area contributed by atoms with Gasteiger partial charge in [0.25, 0.3) is 5.91 Å². The van der Waals surface area contributed by atoms with E-state index in [-0.39, 0.29) is 30.3 Å². The van der Waals surface area contributed by atoms with E-state index in [1.54, 1.807) is 36.4 Å². The van der Waals surface area contributed by atoms with E-state index >= 15 is 0 Å². The fraction of sp³-hybridized carbons (Fsp3) is 0.133. The minimum absolute atomic E-state index is 0.219. The van der Waals surface area contributed by atoms with E-state index in [1.807, 2.05) is 0 Å². The number of hydrogen-bond donors (Lipinski definition) is 1. The first kappa shape index (κ1) is 17.3. The number of pyridine rings is 1. The molecule has 25 heavy (non-hydrogen) atoms. The Kier molecular flexibility index (Phi) is 4.71. The maximum atomic E-state index is 12.7. The number of hydrogen-bond acceptors (Lipinski definition) is 6. The molecule has 0 radical (unpaired) electrons. The van der Waals surface area contributed by atoms with Crippen LogP contribution in [0.4, 0.5) is 5.69 Å². The fourth-order valence-corrected chi connectivity index (χ4v) is 2.82. The zero-order valence-corrected chi connectivity index (χ0v) is 14.2. The lowest BCUT2D eigenvalue weighted by Crippen LogP contribution is -2.38. The van der Waals surface area contributed by atoms with Crippen LogP contribution in [0.5, 0.6) is 0 Å². The number of carbonyl (C=O) groups is 1. The Hall–Kier alpha value is -2.49. The van der Waals surface area contributed by atoms with Crippen molar-refractivity contribution >= 4 is 39.3 Å². The third-order valence-corrected chi connectivity index (χ3v) is 4.00. The van der Waals surface area contributed by atoms with Crippen LogP contribution in [0.25, 0.3) is 0 Å². The Morgan fingerprint density at radius 1 is 1.32 bits per heavy atom. The Balaban J connectivity index is 2.01. The lowest BCUT2D eigenvalue weighted by molar-refractivity contribution is 0.0982. The van der Waals surface area contributed by atoms with Crippen LogP contribution < -0.4 is 4.90 Å². The zero-order chi connectivity index (χ0) is 18.0. The molecule has 0 aliphatic carbocycles. The van der Waals surface area contributed by atoms with Crippen molar-refractivity contribution in [3.05, 3.63) is 58.9 Å². The van der Waals surface area contributed by atoms with Gasteiger partial charge in [0.15, 0.2) is 0 Å². The molecule has 3 rings (SSSR count). The highest BCUT2D eigenvalue weighted by Gasteiger charge is 2.28. The van der Waals surface area contributed by atoms with Crippen LogP contribution in [0, 0.1) is 0 Å². The minimum Gasteiger partial charge on any atom is -0.306 e. The molecule has 0 bridgehead atoms. The third kappa shape index (κ3) is 3.95. The summed E-state index contributed by atoms with van der Waals surface area (Å²) >= 11 is 6.03. The number of carbonyl (C=O) groups excluding carboxylic acids is 1.